The molecule has 0 spiro atoms. The zero-order valence-corrected chi connectivity index (χ0v) is 12.5. The van der Waals surface area contributed by atoms with Crippen molar-refractivity contribution in [2.75, 3.05) is 0 Å². The summed E-state index contributed by atoms with van der Waals surface area (Å²) in [5.41, 5.74) is 3.99. The van der Waals surface area contributed by atoms with Gasteiger partial charge in [0, 0.05) is 16.7 Å². The van der Waals surface area contributed by atoms with Crippen LogP contribution in [0.2, 0.25) is 5.02 Å². The van der Waals surface area contributed by atoms with Crippen LogP contribution >= 0.6 is 11.6 Å². The second-order valence-corrected chi connectivity index (χ2v) is 5.34. The van der Waals surface area contributed by atoms with E-state index in [0.717, 1.165) is 33.8 Å². The van der Waals surface area contributed by atoms with Crippen LogP contribution in [0.3, 0.4) is 0 Å². The van der Waals surface area contributed by atoms with Crippen LogP contribution in [-0.4, -0.2) is 0 Å². The molecule has 0 radical (unpaired) electrons. The smallest absolute Gasteiger partial charge is 0.136 e. The van der Waals surface area contributed by atoms with E-state index in [-0.39, 0.29) is 5.82 Å². The van der Waals surface area contributed by atoms with Gasteiger partial charge in [-0.1, -0.05) is 23.7 Å². The molecule has 0 N–H and O–H groups in total. The standard InChI is InChI=1S/C18H14ClFO/c1-3-16-11(2)18(12-4-7-14(20)8-5-12)15-9-6-13(19)10-17(15)21-16/h3-10H,1-2H3/b16-3-. The molecule has 106 valence electrons. The molecule has 0 aliphatic carbocycles. The van der Waals surface area contributed by atoms with Crippen molar-refractivity contribution in [3.8, 4) is 5.75 Å². The largest absolute Gasteiger partial charge is 0.457 e. The van der Waals surface area contributed by atoms with Gasteiger partial charge in [0.25, 0.3) is 0 Å². The third-order valence-electron chi connectivity index (χ3n) is 3.57. The average molecular weight is 301 g/mol. The molecular weight excluding hydrogens is 287 g/mol. The van der Waals surface area contributed by atoms with Crippen LogP contribution in [0.15, 0.2) is 59.9 Å². The topological polar surface area (TPSA) is 9.23 Å². The summed E-state index contributed by atoms with van der Waals surface area (Å²) in [6, 6.07) is 12.1. The number of ether oxygens (including phenoxy) is 1. The first-order valence-electron chi connectivity index (χ1n) is 6.71. The van der Waals surface area contributed by atoms with Crippen LogP contribution in [0.25, 0.3) is 5.57 Å². The van der Waals surface area contributed by atoms with Gasteiger partial charge < -0.3 is 4.74 Å². The highest BCUT2D eigenvalue weighted by Crippen LogP contribution is 2.42. The van der Waals surface area contributed by atoms with E-state index in [2.05, 4.69) is 0 Å². The Morgan fingerprint density at radius 1 is 1.10 bits per heavy atom. The van der Waals surface area contributed by atoms with Gasteiger partial charge in [0.1, 0.15) is 17.3 Å². The SMILES string of the molecule is C/C=C1\Oc2cc(Cl)ccc2C(c2ccc(F)cc2)=C1C. The van der Waals surface area contributed by atoms with Gasteiger partial charge in [0.15, 0.2) is 0 Å². The number of hydrogen-bond acceptors (Lipinski definition) is 1. The molecule has 21 heavy (non-hydrogen) atoms. The van der Waals surface area contributed by atoms with E-state index in [4.69, 9.17) is 16.3 Å². The number of fused-ring (bicyclic) bond motifs is 1. The van der Waals surface area contributed by atoms with Crippen molar-refractivity contribution in [2.45, 2.75) is 13.8 Å². The molecule has 0 aromatic heterocycles. The van der Waals surface area contributed by atoms with E-state index in [1.165, 1.54) is 12.1 Å². The Labute approximate surface area is 128 Å². The molecule has 1 nitrogen and oxygen atoms in total. The van der Waals surface area contributed by atoms with Crippen LogP contribution in [0.5, 0.6) is 5.75 Å². The van der Waals surface area contributed by atoms with E-state index in [1.54, 1.807) is 18.2 Å². The third-order valence-corrected chi connectivity index (χ3v) is 3.81. The molecule has 0 bridgehead atoms. The Kier molecular flexibility index (Phi) is 3.56. The van der Waals surface area contributed by atoms with Gasteiger partial charge in [-0.2, -0.15) is 0 Å². The predicted octanol–water partition coefficient (Wildman–Crippen LogP) is 5.60. The fourth-order valence-corrected chi connectivity index (χ4v) is 2.73. The van der Waals surface area contributed by atoms with Crippen molar-refractivity contribution in [3.63, 3.8) is 0 Å². The summed E-state index contributed by atoms with van der Waals surface area (Å²) >= 11 is 6.05. The zero-order chi connectivity index (χ0) is 15.0. The zero-order valence-electron chi connectivity index (χ0n) is 11.8. The van der Waals surface area contributed by atoms with Crippen molar-refractivity contribution < 1.29 is 9.13 Å². The first-order valence-corrected chi connectivity index (χ1v) is 7.09. The van der Waals surface area contributed by atoms with Gasteiger partial charge in [0.2, 0.25) is 0 Å². The minimum Gasteiger partial charge on any atom is -0.457 e. The molecule has 2 aromatic rings. The Balaban J connectivity index is 2.26. The Bertz CT molecular complexity index is 757. The lowest BCUT2D eigenvalue weighted by atomic mass is 9.90. The Hall–Kier alpha value is -2.06. The van der Waals surface area contributed by atoms with Crippen molar-refractivity contribution >= 4 is 17.2 Å². The maximum Gasteiger partial charge on any atom is 0.136 e. The van der Waals surface area contributed by atoms with Crippen molar-refractivity contribution in [3.05, 3.63) is 81.8 Å². The lowest BCUT2D eigenvalue weighted by molar-refractivity contribution is 0.429. The number of halogens is 2. The maximum absolute atomic E-state index is 13.2. The predicted molar refractivity (Wildman–Crippen MR) is 83.9 cm³/mol. The maximum atomic E-state index is 13.2. The molecule has 0 saturated carbocycles. The van der Waals surface area contributed by atoms with E-state index < -0.39 is 0 Å². The molecule has 1 aliphatic rings. The average Bonchev–Trinajstić information content (AvgIpc) is 2.48. The Morgan fingerprint density at radius 3 is 2.48 bits per heavy atom. The number of rotatable bonds is 1. The summed E-state index contributed by atoms with van der Waals surface area (Å²) in [6.07, 6.45) is 1.92. The lowest BCUT2D eigenvalue weighted by Crippen LogP contribution is -2.08. The highest BCUT2D eigenvalue weighted by molar-refractivity contribution is 6.30. The minimum atomic E-state index is -0.244. The van der Waals surface area contributed by atoms with Crippen molar-refractivity contribution in [1.82, 2.24) is 0 Å². The van der Waals surface area contributed by atoms with E-state index >= 15 is 0 Å². The van der Waals surface area contributed by atoms with Crippen LogP contribution in [0.4, 0.5) is 4.39 Å². The summed E-state index contributed by atoms with van der Waals surface area (Å²) in [6.45, 7) is 3.93. The summed E-state index contributed by atoms with van der Waals surface area (Å²) in [4.78, 5) is 0. The van der Waals surface area contributed by atoms with Gasteiger partial charge in [-0.05, 0) is 60.9 Å². The minimum absolute atomic E-state index is 0.244. The van der Waals surface area contributed by atoms with Crippen LogP contribution < -0.4 is 4.74 Å². The van der Waals surface area contributed by atoms with Crippen molar-refractivity contribution in [1.29, 1.82) is 0 Å². The quantitative estimate of drug-likeness (QED) is 0.666. The van der Waals surface area contributed by atoms with E-state index in [0.29, 0.717) is 5.02 Å². The number of allylic oxidation sites excluding steroid dienone is 2. The van der Waals surface area contributed by atoms with Gasteiger partial charge in [-0.25, -0.2) is 4.39 Å². The molecule has 3 heteroatoms. The number of benzene rings is 2. The summed E-state index contributed by atoms with van der Waals surface area (Å²) in [7, 11) is 0. The highest BCUT2D eigenvalue weighted by Gasteiger charge is 2.22. The van der Waals surface area contributed by atoms with E-state index in [1.807, 2.05) is 32.1 Å². The summed E-state index contributed by atoms with van der Waals surface area (Å²) in [5.74, 6) is 1.27. The molecule has 2 aromatic carbocycles. The van der Waals surface area contributed by atoms with Gasteiger partial charge in [-0.3, -0.25) is 0 Å². The first kappa shape index (κ1) is 13.9. The summed E-state index contributed by atoms with van der Waals surface area (Å²) in [5, 5.41) is 0.627. The Morgan fingerprint density at radius 2 is 1.81 bits per heavy atom. The molecule has 1 aliphatic heterocycles. The molecule has 0 fully saturated rings. The fourth-order valence-electron chi connectivity index (χ4n) is 2.57. The summed E-state index contributed by atoms with van der Waals surface area (Å²) < 4.78 is 19.1. The second-order valence-electron chi connectivity index (χ2n) is 4.90. The molecule has 0 atom stereocenters. The molecule has 1 heterocycles. The first-order chi connectivity index (χ1) is 10.1. The monoisotopic (exact) mass is 300 g/mol. The third kappa shape index (κ3) is 2.47. The fraction of sp³-hybridized carbons (Fsp3) is 0.111. The van der Waals surface area contributed by atoms with Gasteiger partial charge in [0.05, 0.1) is 0 Å². The molecular formula is C18H14ClFO. The highest BCUT2D eigenvalue weighted by atomic mass is 35.5. The van der Waals surface area contributed by atoms with Gasteiger partial charge in [-0.15, -0.1) is 0 Å². The van der Waals surface area contributed by atoms with E-state index in [9.17, 15) is 4.39 Å². The molecule has 0 unspecified atom stereocenters. The lowest BCUT2D eigenvalue weighted by Gasteiger charge is -2.24. The van der Waals surface area contributed by atoms with Gasteiger partial charge >= 0.3 is 0 Å². The van der Waals surface area contributed by atoms with Crippen LogP contribution in [0, 0.1) is 5.82 Å². The van der Waals surface area contributed by atoms with Crippen LogP contribution in [0.1, 0.15) is 25.0 Å². The molecule has 0 amide bonds. The molecule has 3 rings (SSSR count). The normalized spacial score (nSPS) is 15.9. The second kappa shape index (κ2) is 5.38. The molecule has 0 saturated heterocycles. The van der Waals surface area contributed by atoms with Crippen LogP contribution in [-0.2, 0) is 0 Å². The number of hydrogen-bond donors (Lipinski definition) is 0. The van der Waals surface area contributed by atoms with Crippen molar-refractivity contribution in [2.24, 2.45) is 0 Å².